The number of rotatable bonds is 7. The predicted molar refractivity (Wildman–Crippen MR) is 99.7 cm³/mol. The van der Waals surface area contributed by atoms with Crippen molar-refractivity contribution in [1.82, 2.24) is 14.9 Å². The monoisotopic (exact) mass is 342 g/mol. The largest absolute Gasteiger partial charge is 0.495 e. The normalized spacial score (nSPS) is 10.4. The molecule has 1 aromatic carbocycles. The number of methoxy groups -OCH3 is 1. The Balaban J connectivity index is 2.27. The number of hydrogen-bond donors (Lipinski definition) is 1. The molecule has 0 aliphatic rings. The van der Waals surface area contributed by atoms with Gasteiger partial charge in [-0.3, -0.25) is 4.79 Å². The van der Waals surface area contributed by atoms with E-state index >= 15 is 0 Å². The molecule has 1 aromatic heterocycles. The first-order valence-electron chi connectivity index (χ1n) is 8.47. The number of anilines is 2. The number of carbonyl (C=O) groups excluding carboxylic acids is 1. The standard InChI is InChI=1S/C19H26N4O2/c1-6-7-10-23(4)19(24)16-12-18(21-14(3)20-16)22-15-11-13(2)8-9-17(15)25-5/h8-9,11-12H,6-7,10H2,1-5H3,(H,20,21,22). The lowest BCUT2D eigenvalue weighted by molar-refractivity contribution is 0.0787. The summed E-state index contributed by atoms with van der Waals surface area (Å²) < 4.78 is 5.38. The molecule has 2 aromatic rings. The van der Waals surface area contributed by atoms with Crippen LogP contribution in [-0.2, 0) is 0 Å². The number of hydrogen-bond acceptors (Lipinski definition) is 5. The molecule has 1 heterocycles. The molecule has 6 heteroatoms. The average molecular weight is 342 g/mol. The summed E-state index contributed by atoms with van der Waals surface area (Å²) in [6, 6.07) is 7.54. The van der Waals surface area contributed by atoms with E-state index in [0.717, 1.165) is 29.8 Å². The second-order valence-corrected chi connectivity index (χ2v) is 6.09. The minimum absolute atomic E-state index is 0.0989. The third-order valence-electron chi connectivity index (χ3n) is 3.87. The predicted octanol–water partition coefficient (Wildman–Crippen LogP) is 3.72. The molecule has 0 radical (unpaired) electrons. The van der Waals surface area contributed by atoms with E-state index in [2.05, 4.69) is 22.2 Å². The fourth-order valence-electron chi connectivity index (χ4n) is 2.49. The second-order valence-electron chi connectivity index (χ2n) is 6.09. The van der Waals surface area contributed by atoms with Crippen molar-refractivity contribution in [2.75, 3.05) is 26.0 Å². The summed E-state index contributed by atoms with van der Waals surface area (Å²) in [6.45, 7) is 6.60. The van der Waals surface area contributed by atoms with Gasteiger partial charge in [-0.15, -0.1) is 0 Å². The van der Waals surface area contributed by atoms with Crippen molar-refractivity contribution in [2.24, 2.45) is 0 Å². The number of unbranched alkanes of at least 4 members (excludes halogenated alkanes) is 1. The van der Waals surface area contributed by atoms with Crippen LogP contribution in [0.25, 0.3) is 0 Å². The SMILES string of the molecule is CCCCN(C)C(=O)c1cc(Nc2cc(C)ccc2OC)nc(C)n1. The zero-order valence-corrected chi connectivity index (χ0v) is 15.6. The molecule has 0 fully saturated rings. The Morgan fingerprint density at radius 3 is 2.68 bits per heavy atom. The van der Waals surface area contributed by atoms with Crippen LogP contribution in [0.5, 0.6) is 5.75 Å². The smallest absolute Gasteiger partial charge is 0.272 e. The van der Waals surface area contributed by atoms with E-state index in [1.165, 1.54) is 0 Å². The van der Waals surface area contributed by atoms with E-state index in [1.54, 1.807) is 32.0 Å². The Morgan fingerprint density at radius 1 is 1.24 bits per heavy atom. The van der Waals surface area contributed by atoms with Gasteiger partial charge in [-0.05, 0) is 38.0 Å². The zero-order chi connectivity index (χ0) is 18.4. The van der Waals surface area contributed by atoms with Crippen LogP contribution in [0.3, 0.4) is 0 Å². The maximum absolute atomic E-state index is 12.6. The first-order valence-corrected chi connectivity index (χ1v) is 8.47. The third-order valence-corrected chi connectivity index (χ3v) is 3.87. The summed E-state index contributed by atoms with van der Waals surface area (Å²) >= 11 is 0. The van der Waals surface area contributed by atoms with Crippen LogP contribution in [0.4, 0.5) is 11.5 Å². The van der Waals surface area contributed by atoms with Gasteiger partial charge < -0.3 is 15.0 Å². The van der Waals surface area contributed by atoms with Gasteiger partial charge in [0.2, 0.25) is 0 Å². The lowest BCUT2D eigenvalue weighted by Crippen LogP contribution is -2.28. The van der Waals surface area contributed by atoms with Gasteiger partial charge in [-0.1, -0.05) is 19.4 Å². The van der Waals surface area contributed by atoms with Gasteiger partial charge in [0.15, 0.2) is 0 Å². The summed E-state index contributed by atoms with van der Waals surface area (Å²) in [5, 5.41) is 3.24. The van der Waals surface area contributed by atoms with Gasteiger partial charge in [0.05, 0.1) is 12.8 Å². The molecule has 1 amide bonds. The highest BCUT2D eigenvalue weighted by molar-refractivity contribution is 5.93. The molecule has 0 aliphatic carbocycles. The number of nitrogens with one attached hydrogen (secondary N) is 1. The van der Waals surface area contributed by atoms with Crippen molar-refractivity contribution < 1.29 is 9.53 Å². The van der Waals surface area contributed by atoms with E-state index in [-0.39, 0.29) is 5.91 Å². The Bertz CT molecular complexity index is 746. The molecule has 6 nitrogen and oxygen atoms in total. The van der Waals surface area contributed by atoms with Gasteiger partial charge in [0, 0.05) is 19.7 Å². The first kappa shape index (κ1) is 18.7. The number of aromatic nitrogens is 2. The molecule has 0 atom stereocenters. The van der Waals surface area contributed by atoms with Crippen LogP contribution in [0, 0.1) is 13.8 Å². The van der Waals surface area contributed by atoms with Crippen molar-refractivity contribution in [3.05, 3.63) is 41.3 Å². The number of nitrogens with zero attached hydrogens (tertiary/aromatic N) is 3. The highest BCUT2D eigenvalue weighted by Crippen LogP contribution is 2.28. The molecule has 0 unspecified atom stereocenters. The van der Waals surface area contributed by atoms with Crippen molar-refractivity contribution in [3.63, 3.8) is 0 Å². The molecule has 0 bridgehead atoms. The number of aryl methyl sites for hydroxylation is 2. The molecule has 0 saturated carbocycles. The van der Waals surface area contributed by atoms with Gasteiger partial charge >= 0.3 is 0 Å². The Morgan fingerprint density at radius 2 is 2.00 bits per heavy atom. The Hall–Kier alpha value is -2.63. The lowest BCUT2D eigenvalue weighted by atomic mass is 10.2. The van der Waals surface area contributed by atoms with Gasteiger partial charge in [0.25, 0.3) is 5.91 Å². The summed E-state index contributed by atoms with van der Waals surface area (Å²) in [6.07, 6.45) is 2.01. The van der Waals surface area contributed by atoms with E-state index in [4.69, 9.17) is 4.74 Å². The van der Waals surface area contributed by atoms with Crippen LogP contribution in [-0.4, -0.2) is 41.5 Å². The minimum Gasteiger partial charge on any atom is -0.495 e. The molecule has 25 heavy (non-hydrogen) atoms. The van der Waals surface area contributed by atoms with E-state index in [0.29, 0.717) is 23.9 Å². The Kier molecular flexibility index (Phi) is 6.33. The molecule has 134 valence electrons. The minimum atomic E-state index is -0.0989. The zero-order valence-electron chi connectivity index (χ0n) is 15.6. The van der Waals surface area contributed by atoms with Crippen LogP contribution >= 0.6 is 0 Å². The van der Waals surface area contributed by atoms with Crippen molar-refractivity contribution >= 4 is 17.4 Å². The highest BCUT2D eigenvalue weighted by Gasteiger charge is 2.15. The second kappa shape index (κ2) is 8.46. The van der Waals surface area contributed by atoms with Crippen molar-refractivity contribution in [2.45, 2.75) is 33.6 Å². The first-order chi connectivity index (χ1) is 11.9. The quantitative estimate of drug-likeness (QED) is 0.830. The number of ether oxygens (including phenoxy) is 1. The van der Waals surface area contributed by atoms with E-state index in [9.17, 15) is 4.79 Å². The molecule has 0 aliphatic heterocycles. The number of amides is 1. The molecule has 2 rings (SSSR count). The Labute approximate surface area is 149 Å². The molecule has 0 spiro atoms. The summed E-state index contributed by atoms with van der Waals surface area (Å²) in [7, 11) is 3.42. The fraction of sp³-hybridized carbons (Fsp3) is 0.421. The summed E-state index contributed by atoms with van der Waals surface area (Å²) in [4.78, 5) is 22.9. The molecule has 0 saturated heterocycles. The molecular weight excluding hydrogens is 316 g/mol. The van der Waals surface area contributed by atoms with Gasteiger partial charge in [0.1, 0.15) is 23.1 Å². The van der Waals surface area contributed by atoms with Gasteiger partial charge in [-0.2, -0.15) is 0 Å². The van der Waals surface area contributed by atoms with E-state index in [1.807, 2.05) is 25.1 Å². The van der Waals surface area contributed by atoms with Crippen LogP contribution in [0.2, 0.25) is 0 Å². The summed E-state index contributed by atoms with van der Waals surface area (Å²) in [5.74, 6) is 1.74. The van der Waals surface area contributed by atoms with Crippen molar-refractivity contribution in [1.29, 1.82) is 0 Å². The topological polar surface area (TPSA) is 67.4 Å². The molecular formula is C19H26N4O2. The van der Waals surface area contributed by atoms with Crippen molar-refractivity contribution in [3.8, 4) is 5.75 Å². The van der Waals surface area contributed by atoms with Gasteiger partial charge in [-0.25, -0.2) is 9.97 Å². The molecule has 1 N–H and O–H groups in total. The maximum Gasteiger partial charge on any atom is 0.272 e. The highest BCUT2D eigenvalue weighted by atomic mass is 16.5. The number of benzene rings is 1. The maximum atomic E-state index is 12.6. The van der Waals surface area contributed by atoms with Crippen LogP contribution < -0.4 is 10.1 Å². The van der Waals surface area contributed by atoms with Crippen LogP contribution in [0.1, 0.15) is 41.6 Å². The van der Waals surface area contributed by atoms with E-state index < -0.39 is 0 Å². The van der Waals surface area contributed by atoms with Crippen LogP contribution in [0.15, 0.2) is 24.3 Å². The number of carbonyl (C=O) groups is 1. The average Bonchev–Trinajstić information content (AvgIpc) is 2.58. The third kappa shape index (κ3) is 4.92. The summed E-state index contributed by atoms with van der Waals surface area (Å²) in [5.41, 5.74) is 2.29. The lowest BCUT2D eigenvalue weighted by Gasteiger charge is -2.17. The fourth-order valence-corrected chi connectivity index (χ4v) is 2.49.